The molecule has 94 valence electrons. The summed E-state index contributed by atoms with van der Waals surface area (Å²) in [4.78, 5) is 22.8. The van der Waals surface area contributed by atoms with Gasteiger partial charge in [0, 0.05) is 6.07 Å². The molecule has 2 aromatic rings. The summed E-state index contributed by atoms with van der Waals surface area (Å²) < 4.78 is 14.2. The SMILES string of the molecule is Cc1cc(NC(=O)COC(=O)c2ccoc2)no1. The van der Waals surface area contributed by atoms with E-state index in [4.69, 9.17) is 13.7 Å². The lowest BCUT2D eigenvalue weighted by molar-refractivity contribution is -0.119. The quantitative estimate of drug-likeness (QED) is 0.823. The van der Waals surface area contributed by atoms with E-state index in [2.05, 4.69) is 10.5 Å². The number of carbonyl (C=O) groups is 2. The number of ether oxygens (including phenoxy) is 1. The third kappa shape index (κ3) is 2.97. The Morgan fingerprint density at radius 2 is 2.33 bits per heavy atom. The second-order valence-corrected chi connectivity index (χ2v) is 3.46. The lowest BCUT2D eigenvalue weighted by atomic mass is 10.3. The van der Waals surface area contributed by atoms with Gasteiger partial charge in [-0.05, 0) is 13.0 Å². The van der Waals surface area contributed by atoms with E-state index in [0.29, 0.717) is 5.76 Å². The molecule has 0 spiro atoms. The lowest BCUT2D eigenvalue weighted by Gasteiger charge is -2.02. The van der Waals surface area contributed by atoms with Gasteiger partial charge in [-0.15, -0.1) is 0 Å². The van der Waals surface area contributed by atoms with Crippen molar-refractivity contribution in [2.75, 3.05) is 11.9 Å². The van der Waals surface area contributed by atoms with Gasteiger partial charge in [-0.1, -0.05) is 5.16 Å². The van der Waals surface area contributed by atoms with Crippen molar-refractivity contribution >= 4 is 17.7 Å². The second-order valence-electron chi connectivity index (χ2n) is 3.46. The van der Waals surface area contributed by atoms with E-state index in [1.807, 2.05) is 0 Å². The topological polar surface area (TPSA) is 94.6 Å². The first-order valence-corrected chi connectivity index (χ1v) is 5.07. The van der Waals surface area contributed by atoms with Crippen molar-refractivity contribution in [1.29, 1.82) is 0 Å². The van der Waals surface area contributed by atoms with Gasteiger partial charge in [-0.2, -0.15) is 0 Å². The standard InChI is InChI=1S/C11H10N2O5/c1-7-4-9(13-18-7)12-10(14)6-17-11(15)8-2-3-16-5-8/h2-5H,6H2,1H3,(H,12,13,14). The van der Waals surface area contributed by atoms with E-state index in [9.17, 15) is 9.59 Å². The van der Waals surface area contributed by atoms with Gasteiger partial charge in [-0.25, -0.2) is 4.79 Å². The molecule has 1 N–H and O–H groups in total. The first kappa shape index (κ1) is 11.9. The van der Waals surface area contributed by atoms with Gasteiger partial charge in [0.2, 0.25) is 0 Å². The monoisotopic (exact) mass is 250 g/mol. The molecule has 1 amide bonds. The number of aryl methyl sites for hydroxylation is 1. The van der Waals surface area contributed by atoms with Crippen LogP contribution in [0.2, 0.25) is 0 Å². The predicted molar refractivity (Wildman–Crippen MR) is 58.9 cm³/mol. The fourth-order valence-corrected chi connectivity index (χ4v) is 1.20. The molecule has 0 fully saturated rings. The van der Waals surface area contributed by atoms with Gasteiger partial charge in [0.25, 0.3) is 5.91 Å². The molecule has 18 heavy (non-hydrogen) atoms. The van der Waals surface area contributed by atoms with Crippen molar-refractivity contribution in [3.05, 3.63) is 36.0 Å². The minimum atomic E-state index is -0.629. The Morgan fingerprint density at radius 3 is 2.94 bits per heavy atom. The summed E-state index contributed by atoms with van der Waals surface area (Å²) in [7, 11) is 0. The Hall–Kier alpha value is -2.57. The molecule has 2 rings (SSSR count). The zero-order valence-corrected chi connectivity index (χ0v) is 9.50. The maximum atomic E-state index is 11.4. The van der Waals surface area contributed by atoms with E-state index in [1.54, 1.807) is 13.0 Å². The minimum Gasteiger partial charge on any atom is -0.472 e. The molecular formula is C11H10N2O5. The number of hydrogen-bond donors (Lipinski definition) is 1. The fourth-order valence-electron chi connectivity index (χ4n) is 1.20. The largest absolute Gasteiger partial charge is 0.472 e. The molecule has 0 aliphatic heterocycles. The zero-order chi connectivity index (χ0) is 13.0. The zero-order valence-electron chi connectivity index (χ0n) is 9.50. The van der Waals surface area contributed by atoms with Crippen LogP contribution in [0.3, 0.4) is 0 Å². The average Bonchev–Trinajstić information content (AvgIpc) is 2.97. The molecule has 2 aromatic heterocycles. The van der Waals surface area contributed by atoms with Crippen LogP contribution in [0, 0.1) is 6.92 Å². The molecule has 0 aliphatic rings. The van der Waals surface area contributed by atoms with Gasteiger partial charge in [-0.3, -0.25) is 4.79 Å². The van der Waals surface area contributed by atoms with Crippen LogP contribution < -0.4 is 5.32 Å². The van der Waals surface area contributed by atoms with Crippen molar-refractivity contribution in [1.82, 2.24) is 5.16 Å². The summed E-state index contributed by atoms with van der Waals surface area (Å²) in [6.45, 7) is 1.29. The molecule has 0 saturated carbocycles. The Morgan fingerprint density at radius 1 is 1.50 bits per heavy atom. The van der Waals surface area contributed by atoms with E-state index in [-0.39, 0.29) is 11.4 Å². The van der Waals surface area contributed by atoms with Gasteiger partial charge in [0.05, 0.1) is 11.8 Å². The van der Waals surface area contributed by atoms with Crippen molar-refractivity contribution < 1.29 is 23.3 Å². The summed E-state index contributed by atoms with van der Waals surface area (Å²) in [6.07, 6.45) is 2.58. The van der Waals surface area contributed by atoms with E-state index >= 15 is 0 Å². The van der Waals surface area contributed by atoms with Crippen LogP contribution in [0.25, 0.3) is 0 Å². The first-order chi connectivity index (χ1) is 8.65. The van der Waals surface area contributed by atoms with Crippen LogP contribution in [0.5, 0.6) is 0 Å². The van der Waals surface area contributed by atoms with E-state index < -0.39 is 18.5 Å². The van der Waals surface area contributed by atoms with Crippen molar-refractivity contribution in [3.8, 4) is 0 Å². The number of nitrogens with one attached hydrogen (secondary N) is 1. The number of furan rings is 1. The van der Waals surface area contributed by atoms with Gasteiger partial charge >= 0.3 is 5.97 Å². The molecule has 2 heterocycles. The third-order valence-electron chi connectivity index (χ3n) is 1.99. The molecule has 7 heteroatoms. The average molecular weight is 250 g/mol. The molecule has 0 aliphatic carbocycles. The van der Waals surface area contributed by atoms with Gasteiger partial charge in [0.15, 0.2) is 12.4 Å². The summed E-state index contributed by atoms with van der Waals surface area (Å²) in [6, 6.07) is 3.00. The minimum absolute atomic E-state index is 0.250. The number of aromatic nitrogens is 1. The molecule has 0 aromatic carbocycles. The first-order valence-electron chi connectivity index (χ1n) is 5.07. The highest BCUT2D eigenvalue weighted by Crippen LogP contribution is 2.07. The highest BCUT2D eigenvalue weighted by molar-refractivity contribution is 5.94. The number of esters is 1. The maximum Gasteiger partial charge on any atom is 0.341 e. The Labute approximate surface area is 102 Å². The summed E-state index contributed by atoms with van der Waals surface area (Å²) in [5, 5.41) is 5.99. The van der Waals surface area contributed by atoms with Crippen molar-refractivity contribution in [3.63, 3.8) is 0 Å². The molecule has 0 bridgehead atoms. The van der Waals surface area contributed by atoms with E-state index in [0.717, 1.165) is 0 Å². The van der Waals surface area contributed by atoms with Crippen LogP contribution in [0.15, 0.2) is 33.6 Å². The molecule has 0 unspecified atom stereocenters. The number of amides is 1. The van der Waals surface area contributed by atoms with Crippen LogP contribution in [-0.2, 0) is 9.53 Å². The number of carbonyl (C=O) groups excluding carboxylic acids is 2. The Bertz CT molecular complexity index is 544. The summed E-state index contributed by atoms with van der Waals surface area (Å²) in [5.74, 6) is -0.284. The number of anilines is 1. The van der Waals surface area contributed by atoms with Crippen LogP contribution in [-0.4, -0.2) is 23.6 Å². The maximum absolute atomic E-state index is 11.4. The highest BCUT2D eigenvalue weighted by Gasteiger charge is 2.12. The fraction of sp³-hybridized carbons (Fsp3) is 0.182. The van der Waals surface area contributed by atoms with Gasteiger partial charge in [0.1, 0.15) is 12.0 Å². The van der Waals surface area contributed by atoms with Crippen molar-refractivity contribution in [2.24, 2.45) is 0 Å². The summed E-state index contributed by atoms with van der Waals surface area (Å²) in [5.41, 5.74) is 0.250. The lowest BCUT2D eigenvalue weighted by Crippen LogP contribution is -2.20. The smallest absolute Gasteiger partial charge is 0.341 e. The molecule has 7 nitrogen and oxygen atoms in total. The summed E-state index contributed by atoms with van der Waals surface area (Å²) >= 11 is 0. The Kier molecular flexibility index (Phi) is 3.42. The second kappa shape index (κ2) is 5.17. The van der Waals surface area contributed by atoms with Gasteiger partial charge < -0.3 is 19.0 Å². The third-order valence-corrected chi connectivity index (χ3v) is 1.99. The number of nitrogens with zero attached hydrogens (tertiary/aromatic N) is 1. The van der Waals surface area contributed by atoms with Crippen LogP contribution >= 0.6 is 0 Å². The molecular weight excluding hydrogens is 240 g/mol. The normalized spacial score (nSPS) is 10.1. The number of hydrogen-bond acceptors (Lipinski definition) is 6. The van der Waals surface area contributed by atoms with Crippen LogP contribution in [0.4, 0.5) is 5.82 Å². The molecule has 0 atom stereocenters. The molecule has 0 saturated heterocycles. The number of rotatable bonds is 4. The highest BCUT2D eigenvalue weighted by atomic mass is 16.5. The predicted octanol–water partition coefficient (Wildman–Crippen LogP) is 1.37. The van der Waals surface area contributed by atoms with Crippen LogP contribution in [0.1, 0.15) is 16.1 Å². The molecule has 0 radical (unpaired) electrons. The van der Waals surface area contributed by atoms with E-state index in [1.165, 1.54) is 18.6 Å². The Balaban J connectivity index is 1.80. The van der Waals surface area contributed by atoms with Crippen molar-refractivity contribution in [2.45, 2.75) is 6.92 Å².